The number of nitrogens with one attached hydrogen (secondary N) is 2. The molecule has 0 radical (unpaired) electrons. The summed E-state index contributed by atoms with van der Waals surface area (Å²) in [6.45, 7) is 1.53. The Bertz CT molecular complexity index is 960. The summed E-state index contributed by atoms with van der Waals surface area (Å²) < 4.78 is 13.8. The molecule has 2 heterocycles. The number of nitrogens with zero attached hydrogens (tertiary/aromatic N) is 1. The first kappa shape index (κ1) is 15.8. The molecule has 1 aliphatic rings. The van der Waals surface area contributed by atoms with Gasteiger partial charge >= 0.3 is 0 Å². The van der Waals surface area contributed by atoms with Crippen LogP contribution in [0.25, 0.3) is 16.5 Å². The largest absolute Gasteiger partial charge is 0.361 e. The lowest BCUT2D eigenvalue weighted by molar-refractivity contribution is 0.466. The van der Waals surface area contributed by atoms with E-state index in [0.29, 0.717) is 10.8 Å². The predicted molar refractivity (Wildman–Crippen MR) is 105 cm³/mol. The van der Waals surface area contributed by atoms with Gasteiger partial charge in [0.1, 0.15) is 5.82 Å². The molecule has 5 heteroatoms. The van der Waals surface area contributed by atoms with E-state index in [2.05, 4.69) is 45.7 Å². The summed E-state index contributed by atoms with van der Waals surface area (Å²) in [4.78, 5) is 5.38. The van der Waals surface area contributed by atoms with E-state index < -0.39 is 0 Å². The van der Waals surface area contributed by atoms with Crippen LogP contribution in [0.5, 0.6) is 0 Å². The fraction of sp³-hybridized carbons (Fsp3) is 0.150. The number of hydrogen-bond acceptors (Lipinski definition) is 1. The number of aromatic nitrogens is 1. The van der Waals surface area contributed by atoms with Crippen molar-refractivity contribution in [3.8, 4) is 0 Å². The molecule has 4 rings (SSSR count). The van der Waals surface area contributed by atoms with Crippen LogP contribution in [0, 0.1) is 5.82 Å². The van der Waals surface area contributed by atoms with E-state index in [4.69, 9.17) is 12.2 Å². The van der Waals surface area contributed by atoms with E-state index in [1.54, 1.807) is 18.2 Å². The van der Waals surface area contributed by atoms with Crippen molar-refractivity contribution in [3.05, 3.63) is 72.2 Å². The normalized spacial score (nSPS) is 14.4. The van der Waals surface area contributed by atoms with Gasteiger partial charge in [0.25, 0.3) is 0 Å². The number of aromatic amines is 1. The number of thiocarbonyl (C=S) groups is 1. The molecule has 0 spiro atoms. The average Bonchev–Trinajstić information content (AvgIpc) is 3.08. The topological polar surface area (TPSA) is 31.1 Å². The molecule has 0 bridgehead atoms. The van der Waals surface area contributed by atoms with Gasteiger partial charge in [-0.1, -0.05) is 36.4 Å². The zero-order chi connectivity index (χ0) is 17.2. The van der Waals surface area contributed by atoms with E-state index in [1.807, 2.05) is 6.07 Å². The van der Waals surface area contributed by atoms with Crippen LogP contribution in [0.4, 0.5) is 10.1 Å². The predicted octanol–water partition coefficient (Wildman–Crippen LogP) is 4.79. The molecule has 3 aromatic rings. The quantitative estimate of drug-likeness (QED) is 0.651. The standard InChI is InChI=1S/C20H18FN3S/c21-17-6-2-4-8-19(17)23-20(25)24-11-9-14(10-12-24)16-13-22-18-7-3-1-5-15(16)18/h1-9,13,22H,10-12H2,(H,23,25). The maximum absolute atomic E-state index is 13.8. The Labute approximate surface area is 151 Å². The number of fused-ring (bicyclic) bond motifs is 1. The molecule has 0 aliphatic carbocycles. The van der Waals surface area contributed by atoms with Crippen LogP contribution in [0.3, 0.4) is 0 Å². The summed E-state index contributed by atoms with van der Waals surface area (Å²) in [5.74, 6) is -0.295. The average molecular weight is 351 g/mol. The number of halogens is 1. The van der Waals surface area contributed by atoms with Crippen molar-refractivity contribution in [1.29, 1.82) is 0 Å². The molecule has 0 unspecified atom stereocenters. The summed E-state index contributed by atoms with van der Waals surface area (Å²) in [5, 5.41) is 4.81. The molecule has 25 heavy (non-hydrogen) atoms. The lowest BCUT2D eigenvalue weighted by atomic mass is 9.99. The zero-order valence-electron chi connectivity index (χ0n) is 13.6. The SMILES string of the molecule is Fc1ccccc1NC(=S)N1CC=C(c2c[nH]c3ccccc23)CC1. The second kappa shape index (κ2) is 6.69. The summed E-state index contributed by atoms with van der Waals surface area (Å²) in [6.07, 6.45) is 5.18. The van der Waals surface area contributed by atoms with E-state index in [-0.39, 0.29) is 5.82 Å². The minimum Gasteiger partial charge on any atom is -0.361 e. The van der Waals surface area contributed by atoms with Crippen LogP contribution in [-0.2, 0) is 0 Å². The van der Waals surface area contributed by atoms with Crippen molar-refractivity contribution >= 4 is 39.5 Å². The smallest absolute Gasteiger partial charge is 0.173 e. The number of anilines is 1. The molecule has 2 N–H and O–H groups in total. The summed E-state index contributed by atoms with van der Waals surface area (Å²) in [5.41, 5.74) is 4.14. The second-order valence-corrected chi connectivity index (χ2v) is 6.47. The number of para-hydroxylation sites is 2. The highest BCUT2D eigenvalue weighted by Crippen LogP contribution is 2.29. The van der Waals surface area contributed by atoms with Crippen LogP contribution >= 0.6 is 12.2 Å². The fourth-order valence-corrected chi connectivity index (χ4v) is 3.47. The third kappa shape index (κ3) is 3.15. The Balaban J connectivity index is 1.48. The fourth-order valence-electron chi connectivity index (χ4n) is 3.19. The van der Waals surface area contributed by atoms with Crippen LogP contribution in [0.15, 0.2) is 60.8 Å². The van der Waals surface area contributed by atoms with E-state index in [1.165, 1.54) is 22.6 Å². The van der Waals surface area contributed by atoms with Gasteiger partial charge in [-0.2, -0.15) is 0 Å². The van der Waals surface area contributed by atoms with Gasteiger partial charge < -0.3 is 15.2 Å². The van der Waals surface area contributed by atoms with Gasteiger partial charge in [-0.25, -0.2) is 4.39 Å². The minimum absolute atomic E-state index is 0.295. The Hall–Kier alpha value is -2.66. The highest BCUT2D eigenvalue weighted by atomic mass is 32.1. The maximum atomic E-state index is 13.8. The Kier molecular flexibility index (Phi) is 4.24. The molecule has 0 fully saturated rings. The maximum Gasteiger partial charge on any atom is 0.173 e. The molecule has 2 aromatic carbocycles. The van der Waals surface area contributed by atoms with Crippen LogP contribution < -0.4 is 5.32 Å². The highest BCUT2D eigenvalue weighted by molar-refractivity contribution is 7.80. The first-order valence-electron chi connectivity index (χ1n) is 8.28. The van der Waals surface area contributed by atoms with Gasteiger partial charge in [0, 0.05) is 35.8 Å². The van der Waals surface area contributed by atoms with Gasteiger partial charge in [0.2, 0.25) is 0 Å². The lowest BCUT2D eigenvalue weighted by Crippen LogP contribution is -2.37. The summed E-state index contributed by atoms with van der Waals surface area (Å²) in [7, 11) is 0. The van der Waals surface area contributed by atoms with Gasteiger partial charge in [-0.05, 0) is 42.4 Å². The van der Waals surface area contributed by atoms with E-state index >= 15 is 0 Å². The Morgan fingerprint density at radius 3 is 2.72 bits per heavy atom. The molecular weight excluding hydrogens is 333 g/mol. The van der Waals surface area contributed by atoms with Crippen molar-refractivity contribution in [2.75, 3.05) is 18.4 Å². The number of benzene rings is 2. The van der Waals surface area contributed by atoms with Crippen LogP contribution in [-0.4, -0.2) is 28.1 Å². The van der Waals surface area contributed by atoms with E-state index in [9.17, 15) is 4.39 Å². The Morgan fingerprint density at radius 1 is 1.12 bits per heavy atom. The number of rotatable bonds is 2. The highest BCUT2D eigenvalue weighted by Gasteiger charge is 2.18. The molecule has 0 saturated carbocycles. The van der Waals surface area contributed by atoms with Crippen molar-refractivity contribution in [3.63, 3.8) is 0 Å². The zero-order valence-corrected chi connectivity index (χ0v) is 14.4. The minimum atomic E-state index is -0.295. The van der Waals surface area contributed by atoms with E-state index in [0.717, 1.165) is 25.0 Å². The van der Waals surface area contributed by atoms with Crippen LogP contribution in [0.1, 0.15) is 12.0 Å². The monoisotopic (exact) mass is 351 g/mol. The number of H-pyrrole nitrogens is 1. The van der Waals surface area contributed by atoms with Gasteiger partial charge in [-0.3, -0.25) is 0 Å². The molecule has 1 aromatic heterocycles. The summed E-state index contributed by atoms with van der Waals surface area (Å²) in [6, 6.07) is 14.9. The lowest BCUT2D eigenvalue weighted by Gasteiger charge is -2.29. The first-order valence-corrected chi connectivity index (χ1v) is 8.69. The molecule has 126 valence electrons. The third-order valence-corrected chi connectivity index (χ3v) is 4.91. The molecule has 0 saturated heterocycles. The van der Waals surface area contributed by atoms with Crippen molar-refractivity contribution in [2.24, 2.45) is 0 Å². The molecular formula is C20H18FN3S. The molecule has 1 aliphatic heterocycles. The van der Waals surface area contributed by atoms with Crippen molar-refractivity contribution in [1.82, 2.24) is 9.88 Å². The van der Waals surface area contributed by atoms with Crippen molar-refractivity contribution in [2.45, 2.75) is 6.42 Å². The number of hydrogen-bond donors (Lipinski definition) is 2. The van der Waals surface area contributed by atoms with Gasteiger partial charge in [0.05, 0.1) is 5.69 Å². The van der Waals surface area contributed by atoms with Crippen molar-refractivity contribution < 1.29 is 4.39 Å². The third-order valence-electron chi connectivity index (χ3n) is 4.55. The van der Waals surface area contributed by atoms with Gasteiger partial charge in [-0.15, -0.1) is 0 Å². The van der Waals surface area contributed by atoms with Crippen LogP contribution in [0.2, 0.25) is 0 Å². The molecule has 3 nitrogen and oxygen atoms in total. The summed E-state index contributed by atoms with van der Waals surface area (Å²) >= 11 is 5.44. The molecule has 0 amide bonds. The molecule has 0 atom stereocenters. The second-order valence-electron chi connectivity index (χ2n) is 6.08. The first-order chi connectivity index (χ1) is 12.2. The Morgan fingerprint density at radius 2 is 1.92 bits per heavy atom. The van der Waals surface area contributed by atoms with Gasteiger partial charge in [0.15, 0.2) is 5.11 Å².